The van der Waals surface area contributed by atoms with Crippen LogP contribution in [-0.4, -0.2) is 127 Å². The van der Waals surface area contributed by atoms with Gasteiger partial charge in [0.2, 0.25) is 27.7 Å². The highest BCUT2D eigenvalue weighted by atomic mass is 32.2. The normalized spacial score (nSPS) is 28.0. The molecule has 3 fully saturated rings. The van der Waals surface area contributed by atoms with Crippen molar-refractivity contribution >= 4 is 44.6 Å². The van der Waals surface area contributed by atoms with Crippen molar-refractivity contribution in [1.82, 2.24) is 24.8 Å². The monoisotopic (exact) mass is 877 g/mol. The quantitative estimate of drug-likeness (QED) is 0.182. The van der Waals surface area contributed by atoms with Crippen LogP contribution in [0.4, 0.5) is 13.6 Å². The number of carbonyl (C=O) groups is 4. The lowest BCUT2D eigenvalue weighted by molar-refractivity contribution is -0.156. The standard InChI is InChI=1S/C42H57F2N5O11S/c1-24-10-8-9-11-26-21-42(26,38(52)47-61(55,56)29-13-14-29)46-35(50)32-20-28(60-36-30-15-12-27(58-7)19-31(30)33(22-45-36)59-17-16-57-6)23-48(32)37(51)34(25(2)18-24)49(39(53)54)40(3,4)41(5,43)44/h9,11-12,15,19,22,24-26,28-29,32,34H,8,10,13-14,16-18,20-21,23H2,1-7H3,(H,46,50)(H,47,52)(H,53,54)/b11-9-/t24-,25+,26+,28+,32-,34-,42+/m0/s1. The van der Waals surface area contributed by atoms with Gasteiger partial charge >= 0.3 is 6.09 Å². The first-order chi connectivity index (χ1) is 28.6. The number of allylic oxidation sites excluding steroid dienone is 1. The predicted octanol–water partition coefficient (Wildman–Crippen LogP) is 4.89. The third-order valence-corrected chi connectivity index (χ3v) is 14.4. The minimum Gasteiger partial charge on any atom is -0.497 e. The highest BCUT2D eigenvalue weighted by Crippen LogP contribution is 2.47. The topological polar surface area (TPSA) is 203 Å². The van der Waals surface area contributed by atoms with E-state index in [1.165, 1.54) is 20.4 Å². The lowest BCUT2D eigenvalue weighted by atomic mass is 9.84. The summed E-state index contributed by atoms with van der Waals surface area (Å²) in [5, 5.41) is 13.8. The molecule has 2 aromatic rings. The number of rotatable bonds is 13. The molecule has 4 aliphatic rings. The maximum atomic E-state index is 15.4. The number of aromatic nitrogens is 1. The van der Waals surface area contributed by atoms with Crippen molar-refractivity contribution < 1.29 is 60.4 Å². The molecule has 0 bridgehead atoms. The van der Waals surface area contributed by atoms with Crippen LogP contribution >= 0.6 is 0 Å². The van der Waals surface area contributed by atoms with Crippen LogP contribution in [0.25, 0.3) is 10.8 Å². The van der Waals surface area contributed by atoms with Crippen molar-refractivity contribution in [2.75, 3.05) is 34.0 Å². The predicted molar refractivity (Wildman–Crippen MR) is 219 cm³/mol. The number of ether oxygens (including phenoxy) is 4. The number of hydrogen-bond acceptors (Lipinski definition) is 11. The summed E-state index contributed by atoms with van der Waals surface area (Å²) in [5.41, 5.74) is -4.06. The molecule has 0 spiro atoms. The molecule has 7 atom stereocenters. The van der Waals surface area contributed by atoms with Crippen LogP contribution in [-0.2, 0) is 29.1 Å². The molecule has 1 aromatic heterocycles. The van der Waals surface area contributed by atoms with Crippen molar-refractivity contribution in [1.29, 1.82) is 0 Å². The summed E-state index contributed by atoms with van der Waals surface area (Å²) in [5.74, 6) is -6.68. The van der Waals surface area contributed by atoms with Crippen LogP contribution in [0.1, 0.15) is 79.6 Å². The van der Waals surface area contributed by atoms with Crippen LogP contribution in [0.2, 0.25) is 0 Å². The lowest BCUT2D eigenvalue weighted by Crippen LogP contribution is -2.66. The third-order valence-electron chi connectivity index (χ3n) is 12.6. The van der Waals surface area contributed by atoms with Gasteiger partial charge in [0.15, 0.2) is 0 Å². The highest BCUT2D eigenvalue weighted by molar-refractivity contribution is 7.91. The van der Waals surface area contributed by atoms with Gasteiger partial charge in [0.1, 0.15) is 47.4 Å². The van der Waals surface area contributed by atoms with Gasteiger partial charge in [0, 0.05) is 37.1 Å². The summed E-state index contributed by atoms with van der Waals surface area (Å²) in [6.45, 7) is 6.50. The number of carbonyl (C=O) groups excluding carboxylic acids is 3. The number of benzene rings is 1. The average Bonchev–Trinajstić information content (AvgIpc) is 4.11. The molecule has 336 valence electrons. The Kier molecular flexibility index (Phi) is 13.1. The fourth-order valence-electron chi connectivity index (χ4n) is 8.46. The van der Waals surface area contributed by atoms with E-state index in [-0.39, 0.29) is 44.2 Å². The fraction of sp³-hybridized carbons (Fsp3) is 0.643. The molecule has 2 saturated carbocycles. The summed E-state index contributed by atoms with van der Waals surface area (Å²) in [7, 11) is -0.960. The molecular weight excluding hydrogens is 821 g/mol. The zero-order chi connectivity index (χ0) is 44.7. The van der Waals surface area contributed by atoms with E-state index in [4.69, 9.17) is 18.9 Å². The minimum absolute atomic E-state index is 0.0851. The minimum atomic E-state index is -4.01. The molecule has 0 radical (unpaired) electrons. The Morgan fingerprint density at radius 3 is 2.44 bits per heavy atom. The molecule has 16 nitrogen and oxygen atoms in total. The number of pyridine rings is 1. The van der Waals surface area contributed by atoms with Gasteiger partial charge in [-0.3, -0.25) is 24.0 Å². The third kappa shape index (κ3) is 9.51. The van der Waals surface area contributed by atoms with Crippen LogP contribution in [0.15, 0.2) is 36.5 Å². The zero-order valence-electron chi connectivity index (χ0n) is 35.6. The van der Waals surface area contributed by atoms with Crippen LogP contribution < -0.4 is 24.2 Å². The SMILES string of the molecule is COCCOc1cnc(O[C@@H]2C[C@H]3C(=O)N[C@]4(C(=O)NS(=O)(=O)C5CC5)C[C@H]4/C=C\CC[C@H](C)C[C@@H](C)[C@H](N(C(=O)O)C(C)(C)C(C)(F)F)C(=O)N3C2)c2ccc(OC)cc12. The first-order valence-electron chi connectivity index (χ1n) is 20.7. The molecule has 2 aliphatic heterocycles. The maximum Gasteiger partial charge on any atom is 0.408 e. The number of hydrogen-bond donors (Lipinski definition) is 3. The number of halogens is 2. The summed E-state index contributed by atoms with van der Waals surface area (Å²) in [6.07, 6.45) is 4.44. The number of alkyl halides is 2. The first kappa shape index (κ1) is 45.7. The Hall–Kier alpha value is -4.78. The van der Waals surface area contributed by atoms with Crippen LogP contribution in [0.3, 0.4) is 0 Å². The number of amides is 4. The van der Waals surface area contributed by atoms with Gasteiger partial charge in [-0.1, -0.05) is 26.0 Å². The molecule has 61 heavy (non-hydrogen) atoms. The maximum absolute atomic E-state index is 15.4. The van der Waals surface area contributed by atoms with Gasteiger partial charge in [0.05, 0.1) is 31.7 Å². The van der Waals surface area contributed by atoms with E-state index in [1.54, 1.807) is 31.2 Å². The molecule has 6 rings (SSSR count). The lowest BCUT2D eigenvalue weighted by Gasteiger charge is -2.47. The Morgan fingerprint density at radius 2 is 1.80 bits per heavy atom. The van der Waals surface area contributed by atoms with Crippen molar-refractivity contribution in [3.63, 3.8) is 0 Å². The first-order valence-corrected chi connectivity index (χ1v) is 22.2. The second-order valence-corrected chi connectivity index (χ2v) is 19.4. The highest BCUT2D eigenvalue weighted by Gasteiger charge is 2.62. The van der Waals surface area contributed by atoms with Gasteiger partial charge in [0.25, 0.3) is 11.8 Å². The summed E-state index contributed by atoms with van der Waals surface area (Å²) >= 11 is 0. The summed E-state index contributed by atoms with van der Waals surface area (Å²) in [4.78, 5) is 63.0. The Morgan fingerprint density at radius 1 is 1.08 bits per heavy atom. The van der Waals surface area contributed by atoms with Crippen molar-refractivity contribution in [2.45, 2.75) is 120 Å². The van der Waals surface area contributed by atoms with Crippen LogP contribution in [0, 0.1) is 17.8 Å². The van der Waals surface area contributed by atoms with Gasteiger partial charge < -0.3 is 34.3 Å². The van der Waals surface area contributed by atoms with E-state index < -0.39 is 86.1 Å². The molecule has 1 saturated heterocycles. The molecule has 19 heteroatoms. The van der Waals surface area contributed by atoms with Crippen molar-refractivity contribution in [3.05, 3.63) is 36.5 Å². The van der Waals surface area contributed by atoms with E-state index in [1.807, 2.05) is 13.0 Å². The Bertz CT molecular complexity index is 2150. The van der Waals surface area contributed by atoms with Gasteiger partial charge in [-0.15, -0.1) is 0 Å². The molecular formula is C42H57F2N5O11S. The molecule has 2 aliphatic carbocycles. The largest absolute Gasteiger partial charge is 0.497 e. The van der Waals surface area contributed by atoms with Crippen LogP contribution in [0.5, 0.6) is 17.4 Å². The van der Waals surface area contributed by atoms with E-state index in [0.717, 1.165) is 18.7 Å². The second-order valence-electron chi connectivity index (χ2n) is 17.5. The zero-order valence-corrected chi connectivity index (χ0v) is 36.4. The van der Waals surface area contributed by atoms with E-state index in [2.05, 4.69) is 15.0 Å². The Labute approximate surface area is 354 Å². The number of nitrogens with one attached hydrogen (secondary N) is 2. The van der Waals surface area contributed by atoms with Crippen molar-refractivity contribution in [2.24, 2.45) is 17.8 Å². The molecule has 3 N–H and O–H groups in total. The number of sulfonamides is 1. The van der Waals surface area contributed by atoms with E-state index in [0.29, 0.717) is 66.4 Å². The average molecular weight is 878 g/mol. The van der Waals surface area contributed by atoms with Crippen molar-refractivity contribution in [3.8, 4) is 17.4 Å². The smallest absolute Gasteiger partial charge is 0.408 e. The van der Waals surface area contributed by atoms with Gasteiger partial charge in [-0.05, 0) is 82.4 Å². The van der Waals surface area contributed by atoms with E-state index >= 15 is 13.6 Å². The second kappa shape index (κ2) is 17.5. The Balaban J connectivity index is 1.42. The summed E-state index contributed by atoms with van der Waals surface area (Å²) in [6, 6.07) is 2.04. The van der Waals surface area contributed by atoms with E-state index in [9.17, 15) is 27.9 Å². The molecule has 1 aromatic carbocycles. The number of nitrogens with zero attached hydrogens (tertiary/aromatic N) is 3. The molecule has 0 unspecified atom stereocenters. The number of methoxy groups -OCH3 is 2. The van der Waals surface area contributed by atoms with Gasteiger partial charge in [-0.2, -0.15) is 0 Å². The van der Waals surface area contributed by atoms with Gasteiger partial charge in [-0.25, -0.2) is 27.0 Å². The molecule has 4 amide bonds. The summed E-state index contributed by atoms with van der Waals surface area (Å²) < 4.78 is 81.9. The molecule has 3 heterocycles. The number of fused-ring (bicyclic) bond motifs is 3. The fourth-order valence-corrected chi connectivity index (χ4v) is 9.82. The number of carboxylic acid groups (broad SMARTS) is 1.